The molecule has 1 aromatic rings. The Morgan fingerprint density at radius 3 is 2.78 bits per heavy atom. The van der Waals surface area contributed by atoms with Crippen molar-refractivity contribution in [2.24, 2.45) is 16.3 Å². The predicted molar refractivity (Wildman–Crippen MR) is 68.2 cm³/mol. The average molecular weight is 250 g/mol. The van der Waals surface area contributed by atoms with Crippen molar-refractivity contribution >= 4 is 5.84 Å². The van der Waals surface area contributed by atoms with E-state index in [1.807, 2.05) is 24.3 Å². The minimum Gasteiger partial charge on any atom is -0.497 e. The van der Waals surface area contributed by atoms with Crippen LogP contribution in [0, 0.1) is 5.41 Å². The molecule has 1 aliphatic rings. The van der Waals surface area contributed by atoms with Gasteiger partial charge in [-0.05, 0) is 25.0 Å². The Kier molecular flexibility index (Phi) is 3.60. The van der Waals surface area contributed by atoms with Crippen LogP contribution in [0.25, 0.3) is 0 Å². The van der Waals surface area contributed by atoms with Gasteiger partial charge in [-0.2, -0.15) is 0 Å². The zero-order valence-electron chi connectivity index (χ0n) is 10.4. The van der Waals surface area contributed by atoms with Crippen molar-refractivity contribution in [1.82, 2.24) is 0 Å². The van der Waals surface area contributed by atoms with Crippen molar-refractivity contribution in [3.8, 4) is 11.5 Å². The second-order valence-corrected chi connectivity index (χ2v) is 4.74. The van der Waals surface area contributed by atoms with E-state index in [0.29, 0.717) is 13.0 Å². The highest BCUT2D eigenvalue weighted by atomic mass is 16.5. The van der Waals surface area contributed by atoms with Crippen molar-refractivity contribution in [2.45, 2.75) is 19.3 Å². The second kappa shape index (κ2) is 5.16. The molecule has 0 unspecified atom stereocenters. The predicted octanol–water partition coefficient (Wildman–Crippen LogP) is 1.99. The fourth-order valence-electron chi connectivity index (χ4n) is 1.90. The summed E-state index contributed by atoms with van der Waals surface area (Å²) in [6.45, 7) is 0.580. The van der Waals surface area contributed by atoms with E-state index in [1.165, 1.54) is 0 Å². The zero-order chi connectivity index (χ0) is 13.0. The van der Waals surface area contributed by atoms with E-state index >= 15 is 0 Å². The number of hydrogen-bond acceptors (Lipinski definition) is 4. The maximum atomic E-state index is 8.59. The number of hydrogen-bond donors (Lipinski definition) is 2. The van der Waals surface area contributed by atoms with Gasteiger partial charge in [-0.25, -0.2) is 0 Å². The summed E-state index contributed by atoms with van der Waals surface area (Å²) in [4.78, 5) is 0. The molecule has 0 bridgehead atoms. The highest BCUT2D eigenvalue weighted by Crippen LogP contribution is 2.49. The van der Waals surface area contributed by atoms with Gasteiger partial charge in [0.05, 0.1) is 13.7 Å². The minimum atomic E-state index is 0.0411. The molecule has 0 heterocycles. The van der Waals surface area contributed by atoms with Crippen LogP contribution < -0.4 is 15.2 Å². The molecule has 1 aliphatic carbocycles. The smallest absolute Gasteiger partial charge is 0.139 e. The van der Waals surface area contributed by atoms with Gasteiger partial charge in [0.15, 0.2) is 0 Å². The lowest BCUT2D eigenvalue weighted by Gasteiger charge is -2.15. The number of oxime groups is 1. The molecule has 0 aromatic heterocycles. The molecule has 1 aromatic carbocycles. The third-order valence-corrected chi connectivity index (χ3v) is 3.23. The van der Waals surface area contributed by atoms with Gasteiger partial charge in [0.1, 0.15) is 17.3 Å². The van der Waals surface area contributed by atoms with E-state index < -0.39 is 0 Å². The first-order chi connectivity index (χ1) is 8.67. The zero-order valence-corrected chi connectivity index (χ0v) is 10.4. The van der Waals surface area contributed by atoms with Crippen LogP contribution in [0.15, 0.2) is 29.4 Å². The van der Waals surface area contributed by atoms with Crippen LogP contribution >= 0.6 is 0 Å². The molecular formula is C13H18N2O3. The summed E-state index contributed by atoms with van der Waals surface area (Å²) in [5, 5.41) is 11.6. The molecule has 0 saturated heterocycles. The van der Waals surface area contributed by atoms with Gasteiger partial charge in [0.2, 0.25) is 0 Å². The molecule has 98 valence electrons. The summed E-state index contributed by atoms with van der Waals surface area (Å²) >= 11 is 0. The van der Waals surface area contributed by atoms with E-state index in [-0.39, 0.29) is 11.3 Å². The molecule has 5 nitrogen and oxygen atoms in total. The van der Waals surface area contributed by atoms with Crippen LogP contribution in [0.1, 0.15) is 19.3 Å². The van der Waals surface area contributed by atoms with Crippen molar-refractivity contribution in [3.63, 3.8) is 0 Å². The van der Waals surface area contributed by atoms with Crippen LogP contribution in [0.4, 0.5) is 0 Å². The minimum absolute atomic E-state index is 0.0411. The van der Waals surface area contributed by atoms with E-state index in [4.69, 9.17) is 20.4 Å². The molecule has 3 N–H and O–H groups in total. The number of nitrogens with two attached hydrogens (primary N) is 1. The molecule has 1 fully saturated rings. The number of nitrogens with zero attached hydrogens (tertiary/aromatic N) is 1. The summed E-state index contributed by atoms with van der Waals surface area (Å²) in [6, 6.07) is 7.50. The number of ether oxygens (including phenoxy) is 2. The summed E-state index contributed by atoms with van der Waals surface area (Å²) in [5.74, 6) is 1.82. The van der Waals surface area contributed by atoms with Gasteiger partial charge < -0.3 is 20.4 Å². The average Bonchev–Trinajstić information content (AvgIpc) is 3.17. The topological polar surface area (TPSA) is 77.1 Å². The van der Waals surface area contributed by atoms with Gasteiger partial charge >= 0.3 is 0 Å². The van der Waals surface area contributed by atoms with Crippen LogP contribution in [0.5, 0.6) is 11.5 Å². The Labute approximate surface area is 106 Å². The number of rotatable bonds is 6. The first-order valence-corrected chi connectivity index (χ1v) is 5.91. The normalized spacial score (nSPS) is 17.3. The van der Waals surface area contributed by atoms with Crippen molar-refractivity contribution in [2.75, 3.05) is 13.7 Å². The van der Waals surface area contributed by atoms with Crippen LogP contribution in [0.3, 0.4) is 0 Å². The highest BCUT2D eigenvalue weighted by Gasteiger charge is 2.44. The maximum absolute atomic E-state index is 8.59. The molecule has 0 amide bonds. The van der Waals surface area contributed by atoms with E-state index in [9.17, 15) is 0 Å². The van der Waals surface area contributed by atoms with E-state index in [2.05, 4.69) is 5.16 Å². The SMILES string of the molecule is COc1cccc(OCC2(CC(N)=NO)CC2)c1. The van der Waals surface area contributed by atoms with Crippen molar-refractivity contribution in [1.29, 1.82) is 0 Å². The fourth-order valence-corrected chi connectivity index (χ4v) is 1.90. The molecule has 0 spiro atoms. The molecule has 0 radical (unpaired) electrons. The van der Waals surface area contributed by atoms with E-state index in [0.717, 1.165) is 24.3 Å². The molecule has 5 heteroatoms. The number of benzene rings is 1. The number of amidine groups is 1. The lowest BCUT2D eigenvalue weighted by molar-refractivity contribution is 0.235. The fraction of sp³-hybridized carbons (Fsp3) is 0.462. The van der Waals surface area contributed by atoms with Gasteiger partial charge in [-0.3, -0.25) is 0 Å². The van der Waals surface area contributed by atoms with Gasteiger partial charge in [-0.1, -0.05) is 11.2 Å². The standard InChI is InChI=1S/C13H18N2O3/c1-17-10-3-2-4-11(7-10)18-9-13(5-6-13)8-12(14)15-16/h2-4,7,16H,5-6,8-9H2,1H3,(H2,14,15). The summed E-state index contributed by atoms with van der Waals surface area (Å²) in [5.41, 5.74) is 5.58. The monoisotopic (exact) mass is 250 g/mol. The van der Waals surface area contributed by atoms with Crippen LogP contribution in [-0.2, 0) is 0 Å². The first kappa shape index (κ1) is 12.5. The third kappa shape index (κ3) is 3.06. The first-order valence-electron chi connectivity index (χ1n) is 5.91. The van der Waals surface area contributed by atoms with Gasteiger partial charge in [0, 0.05) is 17.9 Å². The summed E-state index contributed by atoms with van der Waals surface area (Å²) in [6.07, 6.45) is 2.67. The van der Waals surface area contributed by atoms with Crippen molar-refractivity contribution < 1.29 is 14.7 Å². The lowest BCUT2D eigenvalue weighted by Crippen LogP contribution is -2.22. The van der Waals surface area contributed by atoms with Gasteiger partial charge in [-0.15, -0.1) is 0 Å². The quantitative estimate of drug-likeness (QED) is 0.350. The Morgan fingerprint density at radius 1 is 1.44 bits per heavy atom. The molecule has 2 rings (SSSR count). The Bertz CT molecular complexity index is 442. The Balaban J connectivity index is 1.91. The molecular weight excluding hydrogens is 232 g/mol. The third-order valence-electron chi connectivity index (χ3n) is 3.23. The Hall–Kier alpha value is -1.91. The largest absolute Gasteiger partial charge is 0.497 e. The second-order valence-electron chi connectivity index (χ2n) is 4.74. The van der Waals surface area contributed by atoms with Crippen molar-refractivity contribution in [3.05, 3.63) is 24.3 Å². The Morgan fingerprint density at radius 2 is 2.17 bits per heavy atom. The van der Waals surface area contributed by atoms with E-state index in [1.54, 1.807) is 7.11 Å². The maximum Gasteiger partial charge on any atom is 0.139 e. The summed E-state index contributed by atoms with van der Waals surface area (Å²) < 4.78 is 10.9. The highest BCUT2D eigenvalue weighted by molar-refractivity contribution is 5.80. The lowest BCUT2D eigenvalue weighted by atomic mass is 10.0. The molecule has 0 atom stereocenters. The molecule has 18 heavy (non-hydrogen) atoms. The molecule has 0 aliphatic heterocycles. The van der Waals surface area contributed by atoms with Gasteiger partial charge in [0.25, 0.3) is 0 Å². The van der Waals surface area contributed by atoms with Crippen LogP contribution in [-0.4, -0.2) is 24.8 Å². The molecule has 1 saturated carbocycles. The van der Waals surface area contributed by atoms with Crippen LogP contribution in [0.2, 0.25) is 0 Å². The number of methoxy groups -OCH3 is 1. The summed E-state index contributed by atoms with van der Waals surface area (Å²) in [7, 11) is 1.62.